The van der Waals surface area contributed by atoms with Crippen molar-refractivity contribution in [3.63, 3.8) is 0 Å². The minimum absolute atomic E-state index is 0.320. The number of aliphatic hydroxyl groups is 1. The van der Waals surface area contributed by atoms with E-state index in [1.807, 2.05) is 13.0 Å². The van der Waals surface area contributed by atoms with E-state index in [1.54, 1.807) is 6.26 Å². The van der Waals surface area contributed by atoms with Crippen LogP contribution in [0, 0.1) is 12.8 Å². The summed E-state index contributed by atoms with van der Waals surface area (Å²) in [6, 6.07) is 1.87. The average molecular weight is 180 g/mol. The van der Waals surface area contributed by atoms with Crippen LogP contribution in [0.25, 0.3) is 0 Å². The van der Waals surface area contributed by atoms with Crippen molar-refractivity contribution < 1.29 is 9.52 Å². The molecule has 2 rings (SSSR count). The monoisotopic (exact) mass is 180 g/mol. The van der Waals surface area contributed by atoms with Crippen LogP contribution < -0.4 is 0 Å². The fourth-order valence-electron chi connectivity index (χ4n) is 1.70. The summed E-state index contributed by atoms with van der Waals surface area (Å²) in [5.41, 5.74) is 0.959. The van der Waals surface area contributed by atoms with Crippen molar-refractivity contribution >= 4 is 0 Å². The Morgan fingerprint density at radius 1 is 1.62 bits per heavy atom. The van der Waals surface area contributed by atoms with Crippen LogP contribution >= 0.6 is 0 Å². The van der Waals surface area contributed by atoms with E-state index in [4.69, 9.17) is 4.42 Å². The predicted molar refractivity (Wildman–Crippen MR) is 50.4 cm³/mol. The third kappa shape index (κ3) is 2.13. The van der Waals surface area contributed by atoms with Crippen molar-refractivity contribution in [3.8, 4) is 0 Å². The highest BCUT2D eigenvalue weighted by molar-refractivity contribution is 5.18. The van der Waals surface area contributed by atoms with Gasteiger partial charge in [-0.3, -0.25) is 0 Å². The van der Waals surface area contributed by atoms with Crippen LogP contribution in [-0.4, -0.2) is 5.11 Å². The molecule has 0 radical (unpaired) electrons. The van der Waals surface area contributed by atoms with Crippen molar-refractivity contribution in [2.75, 3.05) is 0 Å². The molecule has 0 saturated heterocycles. The summed E-state index contributed by atoms with van der Waals surface area (Å²) in [4.78, 5) is 0. The maximum absolute atomic E-state index is 9.81. The number of furan rings is 1. The minimum atomic E-state index is -0.320. The molecule has 0 aliphatic heterocycles. The lowest BCUT2D eigenvalue weighted by Crippen LogP contribution is -1.97. The Morgan fingerprint density at radius 3 is 2.92 bits per heavy atom. The van der Waals surface area contributed by atoms with Gasteiger partial charge in [0.15, 0.2) is 0 Å². The second kappa shape index (κ2) is 3.54. The normalized spacial score (nSPS) is 18.9. The Hall–Kier alpha value is -0.760. The molecular weight excluding hydrogens is 164 g/mol. The van der Waals surface area contributed by atoms with Crippen LogP contribution in [0.1, 0.15) is 43.1 Å². The molecule has 0 aromatic carbocycles. The van der Waals surface area contributed by atoms with Gasteiger partial charge in [0.1, 0.15) is 5.76 Å². The van der Waals surface area contributed by atoms with E-state index in [0.29, 0.717) is 0 Å². The summed E-state index contributed by atoms with van der Waals surface area (Å²) in [5.74, 6) is 1.74. The van der Waals surface area contributed by atoms with E-state index in [9.17, 15) is 5.11 Å². The van der Waals surface area contributed by atoms with Crippen LogP contribution in [0.3, 0.4) is 0 Å². The molecule has 0 spiro atoms. The summed E-state index contributed by atoms with van der Waals surface area (Å²) < 4.78 is 5.15. The molecule has 1 atom stereocenters. The van der Waals surface area contributed by atoms with Crippen molar-refractivity contribution in [1.29, 1.82) is 0 Å². The molecule has 0 amide bonds. The first-order chi connectivity index (χ1) is 6.27. The second-order valence-electron chi connectivity index (χ2n) is 3.97. The number of rotatable bonds is 4. The molecule has 1 N–H and O–H groups in total. The summed E-state index contributed by atoms with van der Waals surface area (Å²) >= 11 is 0. The SMILES string of the molecule is Cc1occc1C(O)CCC1CC1. The number of hydrogen-bond acceptors (Lipinski definition) is 2. The van der Waals surface area contributed by atoms with Crippen LogP contribution in [0.5, 0.6) is 0 Å². The molecule has 13 heavy (non-hydrogen) atoms. The molecule has 1 aliphatic carbocycles. The zero-order valence-corrected chi connectivity index (χ0v) is 7.99. The molecule has 2 nitrogen and oxygen atoms in total. The average Bonchev–Trinajstić information content (AvgIpc) is 2.84. The molecule has 1 aromatic rings. The first kappa shape index (κ1) is 8.82. The van der Waals surface area contributed by atoms with Crippen molar-refractivity contribution in [3.05, 3.63) is 23.7 Å². The Labute approximate surface area is 78.6 Å². The molecular formula is C11H16O2. The van der Waals surface area contributed by atoms with Gasteiger partial charge in [-0.1, -0.05) is 12.8 Å². The maximum Gasteiger partial charge on any atom is 0.106 e. The predicted octanol–water partition coefficient (Wildman–Crippen LogP) is 2.81. The van der Waals surface area contributed by atoms with Crippen molar-refractivity contribution in [2.45, 2.75) is 38.7 Å². The van der Waals surface area contributed by atoms with E-state index in [2.05, 4.69) is 0 Å². The molecule has 0 bridgehead atoms. The molecule has 2 heteroatoms. The molecule has 1 unspecified atom stereocenters. The van der Waals surface area contributed by atoms with E-state index in [1.165, 1.54) is 12.8 Å². The van der Waals surface area contributed by atoms with E-state index in [-0.39, 0.29) is 6.10 Å². The van der Waals surface area contributed by atoms with Gasteiger partial charge in [-0.25, -0.2) is 0 Å². The summed E-state index contributed by atoms with van der Waals surface area (Å²) in [6.07, 6.45) is 6.08. The van der Waals surface area contributed by atoms with Gasteiger partial charge in [0.25, 0.3) is 0 Å². The molecule has 1 fully saturated rings. The maximum atomic E-state index is 9.81. The lowest BCUT2D eigenvalue weighted by Gasteiger charge is -2.08. The number of aryl methyl sites for hydroxylation is 1. The molecule has 1 aliphatic rings. The van der Waals surface area contributed by atoms with Gasteiger partial charge in [0.2, 0.25) is 0 Å². The fourth-order valence-corrected chi connectivity index (χ4v) is 1.70. The minimum Gasteiger partial charge on any atom is -0.469 e. The number of hydrogen-bond donors (Lipinski definition) is 1. The van der Waals surface area contributed by atoms with Crippen LogP contribution in [0.4, 0.5) is 0 Å². The highest BCUT2D eigenvalue weighted by atomic mass is 16.3. The highest BCUT2D eigenvalue weighted by Gasteiger charge is 2.23. The van der Waals surface area contributed by atoms with E-state index in [0.717, 1.165) is 30.1 Å². The Kier molecular flexibility index (Phi) is 2.40. The smallest absolute Gasteiger partial charge is 0.106 e. The Morgan fingerprint density at radius 2 is 2.38 bits per heavy atom. The van der Waals surface area contributed by atoms with Crippen LogP contribution in [0.15, 0.2) is 16.7 Å². The van der Waals surface area contributed by atoms with Crippen LogP contribution in [0.2, 0.25) is 0 Å². The third-order valence-electron chi connectivity index (χ3n) is 2.80. The third-order valence-corrected chi connectivity index (χ3v) is 2.80. The van der Waals surface area contributed by atoms with Gasteiger partial charge < -0.3 is 9.52 Å². The Bertz CT molecular complexity index is 273. The summed E-state index contributed by atoms with van der Waals surface area (Å²) in [7, 11) is 0. The molecule has 1 saturated carbocycles. The standard InChI is InChI=1S/C11H16O2/c1-8-10(6-7-13-8)11(12)5-4-9-2-3-9/h6-7,9,11-12H,2-5H2,1H3. The van der Waals surface area contributed by atoms with E-state index >= 15 is 0 Å². The van der Waals surface area contributed by atoms with Gasteiger partial charge in [0, 0.05) is 5.56 Å². The van der Waals surface area contributed by atoms with Gasteiger partial charge in [-0.2, -0.15) is 0 Å². The van der Waals surface area contributed by atoms with Gasteiger partial charge in [-0.15, -0.1) is 0 Å². The fraction of sp³-hybridized carbons (Fsp3) is 0.636. The van der Waals surface area contributed by atoms with Crippen LogP contribution in [-0.2, 0) is 0 Å². The second-order valence-corrected chi connectivity index (χ2v) is 3.97. The molecule has 1 aromatic heterocycles. The van der Waals surface area contributed by atoms with Gasteiger partial charge in [0.05, 0.1) is 12.4 Å². The molecule has 72 valence electrons. The topological polar surface area (TPSA) is 33.4 Å². The van der Waals surface area contributed by atoms with Crippen molar-refractivity contribution in [2.24, 2.45) is 5.92 Å². The highest BCUT2D eigenvalue weighted by Crippen LogP contribution is 2.36. The van der Waals surface area contributed by atoms with Crippen molar-refractivity contribution in [1.82, 2.24) is 0 Å². The van der Waals surface area contributed by atoms with Gasteiger partial charge in [-0.05, 0) is 31.7 Å². The Balaban J connectivity index is 1.88. The van der Waals surface area contributed by atoms with E-state index < -0.39 is 0 Å². The zero-order chi connectivity index (χ0) is 9.26. The molecule has 1 heterocycles. The first-order valence-electron chi connectivity index (χ1n) is 4.99. The zero-order valence-electron chi connectivity index (χ0n) is 7.99. The number of aliphatic hydroxyl groups excluding tert-OH is 1. The lowest BCUT2D eigenvalue weighted by atomic mass is 10.0. The quantitative estimate of drug-likeness (QED) is 0.772. The first-order valence-corrected chi connectivity index (χ1v) is 4.99. The summed E-state index contributed by atoms with van der Waals surface area (Å²) in [6.45, 7) is 1.90. The summed E-state index contributed by atoms with van der Waals surface area (Å²) in [5, 5.41) is 9.81. The lowest BCUT2D eigenvalue weighted by molar-refractivity contribution is 0.160. The largest absolute Gasteiger partial charge is 0.469 e. The van der Waals surface area contributed by atoms with Gasteiger partial charge >= 0.3 is 0 Å².